The molecule has 0 spiro atoms. The van der Waals surface area contributed by atoms with Crippen LogP contribution in [0.4, 0.5) is 13.2 Å². The van der Waals surface area contributed by atoms with Crippen LogP contribution in [0.15, 0.2) is 48.6 Å². The van der Waals surface area contributed by atoms with Crippen LogP contribution in [-0.2, 0) is 11.2 Å². The smallest absolute Gasteiger partial charge is 0.249 e. The minimum Gasteiger partial charge on any atom is -0.335 e. The van der Waals surface area contributed by atoms with Gasteiger partial charge in [-0.3, -0.25) is 4.79 Å². The quantitative estimate of drug-likeness (QED) is 0.486. The zero-order valence-electron chi connectivity index (χ0n) is 17.6. The summed E-state index contributed by atoms with van der Waals surface area (Å²) in [6.45, 7) is 8.61. The molecule has 2 atom stereocenters. The second-order valence-electron chi connectivity index (χ2n) is 8.18. The summed E-state index contributed by atoms with van der Waals surface area (Å²) < 4.78 is 43.2. The topological polar surface area (TPSA) is 20.3 Å². The van der Waals surface area contributed by atoms with E-state index in [4.69, 9.17) is 0 Å². The first-order valence-electron chi connectivity index (χ1n) is 10.5. The van der Waals surface area contributed by atoms with Crippen LogP contribution in [0.2, 0.25) is 0 Å². The summed E-state index contributed by atoms with van der Waals surface area (Å²) in [6.07, 6.45) is 3.54. The van der Waals surface area contributed by atoms with Gasteiger partial charge in [0, 0.05) is 23.7 Å². The fraction of sp³-hybridized carbons (Fsp3) is 0.400. The molecule has 0 bridgehead atoms. The standard InChI is InChI=1S/C25H28F3NO/c1-4-5-7-17(3)25(30)29-11-10-16(2)23(29)14-19-13-21(27)15-22(24(19)28)18-8-6-9-20(26)12-18/h6,8-9,12-13,15-16,23H,3-5,7,10-11,14H2,1-2H3. The molecule has 1 amide bonds. The number of likely N-dealkylation sites (tertiary alicyclic amines) is 1. The van der Waals surface area contributed by atoms with E-state index in [1.807, 2.05) is 6.92 Å². The van der Waals surface area contributed by atoms with E-state index in [1.54, 1.807) is 11.0 Å². The Hall–Kier alpha value is -2.56. The first-order valence-corrected chi connectivity index (χ1v) is 10.5. The van der Waals surface area contributed by atoms with E-state index in [1.165, 1.54) is 24.3 Å². The zero-order valence-corrected chi connectivity index (χ0v) is 17.6. The maximum absolute atomic E-state index is 15.3. The number of carbonyl (C=O) groups is 1. The van der Waals surface area contributed by atoms with E-state index in [0.717, 1.165) is 25.3 Å². The van der Waals surface area contributed by atoms with Gasteiger partial charge in [0.1, 0.15) is 17.5 Å². The summed E-state index contributed by atoms with van der Waals surface area (Å²) >= 11 is 0. The Balaban J connectivity index is 1.89. The third-order valence-electron chi connectivity index (χ3n) is 5.96. The monoisotopic (exact) mass is 415 g/mol. The Labute approximate surface area is 176 Å². The van der Waals surface area contributed by atoms with Crippen LogP contribution in [-0.4, -0.2) is 23.4 Å². The third-order valence-corrected chi connectivity index (χ3v) is 5.96. The largest absolute Gasteiger partial charge is 0.335 e. The number of nitrogens with zero attached hydrogens (tertiary/aromatic N) is 1. The summed E-state index contributed by atoms with van der Waals surface area (Å²) in [5.74, 6) is -1.60. The van der Waals surface area contributed by atoms with E-state index in [9.17, 15) is 13.6 Å². The lowest BCUT2D eigenvalue weighted by Gasteiger charge is -2.28. The minimum absolute atomic E-state index is 0.0281. The van der Waals surface area contributed by atoms with Crippen LogP contribution in [0, 0.1) is 23.4 Å². The zero-order chi connectivity index (χ0) is 21.8. The molecule has 30 heavy (non-hydrogen) atoms. The number of hydrogen-bond donors (Lipinski definition) is 0. The minimum atomic E-state index is -0.582. The highest BCUT2D eigenvalue weighted by molar-refractivity contribution is 5.93. The molecular formula is C25H28F3NO. The summed E-state index contributed by atoms with van der Waals surface area (Å²) in [5, 5.41) is 0. The number of carbonyl (C=O) groups excluding carboxylic acids is 1. The van der Waals surface area contributed by atoms with Crippen molar-refractivity contribution in [3.8, 4) is 11.1 Å². The maximum atomic E-state index is 15.3. The molecule has 2 aromatic carbocycles. The summed E-state index contributed by atoms with van der Waals surface area (Å²) in [7, 11) is 0. The van der Waals surface area contributed by atoms with Gasteiger partial charge < -0.3 is 4.90 Å². The molecule has 160 valence electrons. The second-order valence-corrected chi connectivity index (χ2v) is 8.18. The maximum Gasteiger partial charge on any atom is 0.249 e. The van der Waals surface area contributed by atoms with Crippen LogP contribution < -0.4 is 0 Å². The number of rotatable bonds is 7. The van der Waals surface area contributed by atoms with Gasteiger partial charge in [0.15, 0.2) is 0 Å². The third kappa shape index (κ3) is 4.77. The second kappa shape index (κ2) is 9.50. The predicted molar refractivity (Wildman–Crippen MR) is 113 cm³/mol. The molecule has 1 saturated heterocycles. The van der Waals surface area contributed by atoms with Crippen molar-refractivity contribution in [2.45, 2.75) is 52.0 Å². The number of unbranched alkanes of at least 4 members (excludes halogenated alkanes) is 1. The molecule has 0 radical (unpaired) electrons. The number of amides is 1. The van der Waals surface area contributed by atoms with Crippen molar-refractivity contribution >= 4 is 5.91 Å². The lowest BCUT2D eigenvalue weighted by Crippen LogP contribution is -2.39. The highest BCUT2D eigenvalue weighted by Gasteiger charge is 2.35. The van der Waals surface area contributed by atoms with Gasteiger partial charge in [-0.05, 0) is 67.0 Å². The van der Waals surface area contributed by atoms with Crippen molar-refractivity contribution in [2.75, 3.05) is 6.54 Å². The Kier molecular flexibility index (Phi) is 7.01. The van der Waals surface area contributed by atoms with Crippen molar-refractivity contribution < 1.29 is 18.0 Å². The number of hydrogen-bond acceptors (Lipinski definition) is 1. The van der Waals surface area contributed by atoms with Crippen LogP contribution in [0.5, 0.6) is 0 Å². The fourth-order valence-electron chi connectivity index (χ4n) is 4.16. The van der Waals surface area contributed by atoms with E-state index in [2.05, 4.69) is 13.5 Å². The van der Waals surface area contributed by atoms with E-state index in [-0.39, 0.29) is 41.0 Å². The predicted octanol–water partition coefficient (Wildman–Crippen LogP) is 6.30. The number of halogens is 3. The fourth-order valence-corrected chi connectivity index (χ4v) is 4.16. The van der Waals surface area contributed by atoms with Crippen molar-refractivity contribution in [2.24, 2.45) is 5.92 Å². The van der Waals surface area contributed by atoms with E-state index in [0.29, 0.717) is 18.5 Å². The van der Waals surface area contributed by atoms with Gasteiger partial charge in [-0.2, -0.15) is 0 Å². The average molecular weight is 415 g/mol. The molecule has 5 heteroatoms. The SMILES string of the molecule is C=C(CCCC)C(=O)N1CCC(C)C1Cc1cc(F)cc(-c2cccc(F)c2)c1F. The Morgan fingerprint density at radius 1 is 1.17 bits per heavy atom. The Bertz CT molecular complexity index is 940. The lowest BCUT2D eigenvalue weighted by atomic mass is 9.92. The van der Waals surface area contributed by atoms with Gasteiger partial charge in [-0.1, -0.05) is 39.0 Å². The highest BCUT2D eigenvalue weighted by Crippen LogP contribution is 2.32. The molecule has 3 rings (SSSR count). The van der Waals surface area contributed by atoms with Crippen LogP contribution in [0.25, 0.3) is 11.1 Å². The summed E-state index contributed by atoms with van der Waals surface area (Å²) in [4.78, 5) is 14.7. The molecule has 0 aromatic heterocycles. The lowest BCUT2D eigenvalue weighted by molar-refractivity contribution is -0.128. The van der Waals surface area contributed by atoms with Gasteiger partial charge in [0.05, 0.1) is 0 Å². The molecule has 0 N–H and O–H groups in total. The first kappa shape index (κ1) is 22.1. The van der Waals surface area contributed by atoms with Gasteiger partial charge in [-0.25, -0.2) is 13.2 Å². The van der Waals surface area contributed by atoms with Crippen molar-refractivity contribution in [1.29, 1.82) is 0 Å². The average Bonchev–Trinajstić information content (AvgIpc) is 3.08. The molecule has 2 aromatic rings. The van der Waals surface area contributed by atoms with Crippen LogP contribution in [0.1, 0.15) is 45.1 Å². The summed E-state index contributed by atoms with van der Waals surface area (Å²) in [5.41, 5.74) is 1.08. The normalized spacial score (nSPS) is 18.6. The van der Waals surface area contributed by atoms with E-state index >= 15 is 4.39 Å². The Morgan fingerprint density at radius 3 is 2.63 bits per heavy atom. The highest BCUT2D eigenvalue weighted by atomic mass is 19.1. The van der Waals surface area contributed by atoms with Crippen molar-refractivity contribution in [3.05, 3.63) is 71.6 Å². The van der Waals surface area contributed by atoms with Gasteiger partial charge in [0.2, 0.25) is 5.91 Å². The van der Waals surface area contributed by atoms with Crippen LogP contribution in [0.3, 0.4) is 0 Å². The van der Waals surface area contributed by atoms with Crippen molar-refractivity contribution in [1.82, 2.24) is 4.90 Å². The van der Waals surface area contributed by atoms with Crippen LogP contribution >= 0.6 is 0 Å². The summed E-state index contributed by atoms with van der Waals surface area (Å²) in [6, 6.07) is 7.50. The molecular weight excluding hydrogens is 387 g/mol. The molecule has 1 aliphatic rings. The van der Waals surface area contributed by atoms with Gasteiger partial charge >= 0.3 is 0 Å². The van der Waals surface area contributed by atoms with E-state index < -0.39 is 17.5 Å². The molecule has 1 fully saturated rings. The molecule has 1 heterocycles. The molecule has 1 aliphatic heterocycles. The molecule has 0 saturated carbocycles. The van der Waals surface area contributed by atoms with Gasteiger partial charge in [0.25, 0.3) is 0 Å². The van der Waals surface area contributed by atoms with Gasteiger partial charge in [-0.15, -0.1) is 0 Å². The molecule has 2 nitrogen and oxygen atoms in total. The van der Waals surface area contributed by atoms with Crippen molar-refractivity contribution in [3.63, 3.8) is 0 Å². The first-order chi connectivity index (χ1) is 14.3. The molecule has 2 unspecified atom stereocenters. The Morgan fingerprint density at radius 2 is 1.93 bits per heavy atom. The number of benzene rings is 2. The molecule has 0 aliphatic carbocycles.